The normalized spacial score (nSPS) is 23.3. The van der Waals surface area contributed by atoms with E-state index in [1.165, 1.54) is 17.0 Å². The van der Waals surface area contributed by atoms with Crippen LogP contribution in [0.5, 0.6) is 0 Å². The summed E-state index contributed by atoms with van der Waals surface area (Å²) in [4.78, 5) is 0. The molecule has 4 heteroatoms. The van der Waals surface area contributed by atoms with Gasteiger partial charge < -0.3 is 5.32 Å². The van der Waals surface area contributed by atoms with E-state index in [-0.39, 0.29) is 0 Å². The number of nitrogens with zero attached hydrogens (tertiary/aromatic N) is 1. The molecule has 3 nitrogen and oxygen atoms in total. The molecule has 1 aliphatic rings. The monoisotopic (exact) mass is 183 g/mol. The van der Waals surface area contributed by atoms with E-state index < -0.39 is 0 Å². The Morgan fingerprint density at radius 2 is 2.33 bits per heavy atom. The van der Waals surface area contributed by atoms with Gasteiger partial charge in [0.05, 0.1) is 11.1 Å². The molecule has 66 valence electrons. The first-order chi connectivity index (χ1) is 5.79. The summed E-state index contributed by atoms with van der Waals surface area (Å²) >= 11 is 1.96. The van der Waals surface area contributed by atoms with Crippen LogP contribution in [0.25, 0.3) is 0 Å². The van der Waals surface area contributed by atoms with Gasteiger partial charge in [-0.3, -0.25) is 5.10 Å². The molecule has 0 saturated carbocycles. The van der Waals surface area contributed by atoms with Gasteiger partial charge >= 0.3 is 0 Å². The fraction of sp³-hybridized carbons (Fsp3) is 0.625. The number of hydrogen-bond acceptors (Lipinski definition) is 3. The van der Waals surface area contributed by atoms with Crippen molar-refractivity contribution in [1.29, 1.82) is 0 Å². The molecule has 2 heterocycles. The number of hydrogen-bond donors (Lipinski definition) is 2. The summed E-state index contributed by atoms with van der Waals surface area (Å²) < 4.78 is 0. The second-order valence-electron chi connectivity index (χ2n) is 3.05. The molecule has 0 aliphatic carbocycles. The lowest BCUT2D eigenvalue weighted by molar-refractivity contribution is 0.744. The van der Waals surface area contributed by atoms with Gasteiger partial charge in [-0.25, -0.2) is 0 Å². The van der Waals surface area contributed by atoms with Gasteiger partial charge in [-0.2, -0.15) is 5.10 Å². The molecule has 0 spiro atoms. The first-order valence-corrected chi connectivity index (χ1v) is 5.20. The summed E-state index contributed by atoms with van der Waals surface area (Å²) in [7, 11) is 0. The average Bonchev–Trinajstić information content (AvgIpc) is 2.61. The lowest BCUT2D eigenvalue weighted by atomic mass is 10.2. The molecule has 1 unspecified atom stereocenters. The topological polar surface area (TPSA) is 40.7 Å². The van der Waals surface area contributed by atoms with Crippen molar-refractivity contribution in [2.24, 2.45) is 0 Å². The van der Waals surface area contributed by atoms with Crippen LogP contribution in [0.2, 0.25) is 0 Å². The molecule has 1 saturated heterocycles. The van der Waals surface area contributed by atoms with Crippen molar-refractivity contribution in [3.8, 4) is 0 Å². The Labute approximate surface area is 76.3 Å². The number of aromatic nitrogens is 2. The number of thioether (sulfide) groups is 1. The van der Waals surface area contributed by atoms with Gasteiger partial charge in [0.1, 0.15) is 0 Å². The Bertz CT molecular complexity index is 256. The first kappa shape index (κ1) is 8.13. The highest BCUT2D eigenvalue weighted by Gasteiger charge is 2.21. The highest BCUT2D eigenvalue weighted by Crippen LogP contribution is 2.32. The van der Waals surface area contributed by atoms with Crippen LogP contribution in [0, 0.1) is 13.8 Å². The zero-order valence-corrected chi connectivity index (χ0v) is 8.16. The fourth-order valence-electron chi connectivity index (χ4n) is 1.56. The van der Waals surface area contributed by atoms with Gasteiger partial charge in [0.2, 0.25) is 0 Å². The second-order valence-corrected chi connectivity index (χ2v) is 4.27. The van der Waals surface area contributed by atoms with Crippen molar-refractivity contribution in [2.45, 2.75) is 19.2 Å². The number of rotatable bonds is 1. The first-order valence-electron chi connectivity index (χ1n) is 4.15. The lowest BCUT2D eigenvalue weighted by Gasteiger charge is -2.08. The van der Waals surface area contributed by atoms with E-state index in [0.29, 0.717) is 5.37 Å². The molecule has 0 bridgehead atoms. The molecule has 12 heavy (non-hydrogen) atoms. The summed E-state index contributed by atoms with van der Waals surface area (Å²) in [5.74, 6) is 1.20. The van der Waals surface area contributed by atoms with Crippen molar-refractivity contribution in [2.75, 3.05) is 12.3 Å². The average molecular weight is 183 g/mol. The number of aromatic amines is 1. The molecule has 0 aromatic carbocycles. The molecular weight excluding hydrogens is 170 g/mol. The van der Waals surface area contributed by atoms with E-state index in [9.17, 15) is 0 Å². The minimum absolute atomic E-state index is 0.462. The molecule has 2 N–H and O–H groups in total. The molecule has 1 aliphatic heterocycles. The van der Waals surface area contributed by atoms with Gasteiger partial charge in [-0.15, -0.1) is 11.8 Å². The standard InChI is InChI=1S/C8H13N3S/c1-5-7(6(2)11-10-5)8-9-3-4-12-8/h8-9H,3-4H2,1-2H3,(H,10,11). The minimum Gasteiger partial charge on any atom is -0.301 e. The van der Waals surface area contributed by atoms with Crippen molar-refractivity contribution in [3.63, 3.8) is 0 Å². The summed E-state index contributed by atoms with van der Waals surface area (Å²) in [6.45, 7) is 5.24. The summed E-state index contributed by atoms with van der Waals surface area (Å²) in [6, 6.07) is 0. The van der Waals surface area contributed by atoms with Gasteiger partial charge in [-0.1, -0.05) is 0 Å². The maximum atomic E-state index is 4.18. The molecular formula is C8H13N3S. The SMILES string of the molecule is Cc1n[nH]c(C)c1C1NCCS1. The van der Waals surface area contributed by atoms with Crippen LogP contribution in [-0.4, -0.2) is 22.5 Å². The minimum atomic E-state index is 0.462. The Hall–Kier alpha value is -0.480. The zero-order valence-electron chi connectivity index (χ0n) is 7.35. The molecule has 0 amide bonds. The van der Waals surface area contributed by atoms with Crippen molar-refractivity contribution in [1.82, 2.24) is 15.5 Å². The summed E-state index contributed by atoms with van der Waals surface area (Å²) in [5, 5.41) is 11.1. The van der Waals surface area contributed by atoms with Gasteiger partial charge in [0.25, 0.3) is 0 Å². The van der Waals surface area contributed by atoms with Crippen molar-refractivity contribution in [3.05, 3.63) is 17.0 Å². The third-order valence-electron chi connectivity index (χ3n) is 2.16. The van der Waals surface area contributed by atoms with Crippen LogP contribution in [0.15, 0.2) is 0 Å². The highest BCUT2D eigenvalue weighted by molar-refractivity contribution is 7.99. The van der Waals surface area contributed by atoms with Crippen LogP contribution >= 0.6 is 11.8 Å². The van der Waals surface area contributed by atoms with E-state index in [1.54, 1.807) is 0 Å². The summed E-state index contributed by atoms with van der Waals surface area (Å²) in [5.41, 5.74) is 3.66. The fourth-order valence-corrected chi connectivity index (χ4v) is 2.78. The number of nitrogens with one attached hydrogen (secondary N) is 2. The maximum Gasteiger partial charge on any atom is 0.0826 e. The van der Waals surface area contributed by atoms with E-state index in [1.807, 2.05) is 11.8 Å². The van der Waals surface area contributed by atoms with E-state index in [0.717, 1.165) is 12.2 Å². The predicted molar refractivity (Wildman–Crippen MR) is 51.3 cm³/mol. The van der Waals surface area contributed by atoms with E-state index >= 15 is 0 Å². The van der Waals surface area contributed by atoms with E-state index in [4.69, 9.17) is 0 Å². The van der Waals surface area contributed by atoms with Gasteiger partial charge in [-0.05, 0) is 13.8 Å². The predicted octanol–water partition coefficient (Wildman–Crippen LogP) is 1.36. The van der Waals surface area contributed by atoms with Crippen LogP contribution in [0.1, 0.15) is 22.3 Å². The van der Waals surface area contributed by atoms with Crippen LogP contribution < -0.4 is 5.32 Å². The van der Waals surface area contributed by atoms with Gasteiger partial charge in [0.15, 0.2) is 0 Å². The molecule has 0 radical (unpaired) electrons. The lowest BCUT2D eigenvalue weighted by Crippen LogP contribution is -2.13. The Morgan fingerprint density at radius 3 is 2.83 bits per heavy atom. The Balaban J connectivity index is 2.30. The molecule has 1 atom stereocenters. The van der Waals surface area contributed by atoms with Crippen LogP contribution in [-0.2, 0) is 0 Å². The number of aryl methyl sites for hydroxylation is 2. The van der Waals surface area contributed by atoms with Crippen molar-refractivity contribution >= 4 is 11.8 Å². The van der Waals surface area contributed by atoms with Gasteiger partial charge in [0, 0.05) is 23.6 Å². The van der Waals surface area contributed by atoms with Crippen LogP contribution in [0.4, 0.5) is 0 Å². The molecule has 1 aromatic heterocycles. The largest absolute Gasteiger partial charge is 0.301 e. The van der Waals surface area contributed by atoms with Crippen LogP contribution in [0.3, 0.4) is 0 Å². The number of H-pyrrole nitrogens is 1. The quantitative estimate of drug-likeness (QED) is 0.690. The third-order valence-corrected chi connectivity index (χ3v) is 3.34. The smallest absolute Gasteiger partial charge is 0.0826 e. The summed E-state index contributed by atoms with van der Waals surface area (Å²) in [6.07, 6.45) is 0. The maximum absolute atomic E-state index is 4.18. The Morgan fingerprint density at radius 1 is 1.50 bits per heavy atom. The Kier molecular flexibility index (Phi) is 2.11. The second kappa shape index (κ2) is 3.11. The van der Waals surface area contributed by atoms with E-state index in [2.05, 4.69) is 29.4 Å². The molecule has 1 aromatic rings. The zero-order chi connectivity index (χ0) is 8.55. The molecule has 1 fully saturated rings. The van der Waals surface area contributed by atoms with Crippen molar-refractivity contribution < 1.29 is 0 Å². The highest BCUT2D eigenvalue weighted by atomic mass is 32.2. The third kappa shape index (κ3) is 1.25. The molecule has 2 rings (SSSR count).